The summed E-state index contributed by atoms with van der Waals surface area (Å²) in [5.74, 6) is -1.49. The molecule has 0 amide bonds. The first kappa shape index (κ1) is 13.1. The lowest BCUT2D eigenvalue weighted by Crippen LogP contribution is -2.19. The van der Waals surface area contributed by atoms with Crippen LogP contribution in [0.4, 0.5) is 8.78 Å². The van der Waals surface area contributed by atoms with Crippen LogP contribution in [-0.4, -0.2) is 22.7 Å². The molecule has 1 aromatic carbocycles. The molecule has 1 heterocycles. The van der Waals surface area contributed by atoms with Gasteiger partial charge < -0.3 is 9.26 Å². The number of rotatable bonds is 6. The number of hydrogen-bond acceptors (Lipinski definition) is 5. The van der Waals surface area contributed by atoms with E-state index in [9.17, 15) is 13.6 Å². The molecule has 0 N–H and O–H groups in total. The van der Waals surface area contributed by atoms with Gasteiger partial charge in [0.05, 0.1) is 0 Å². The lowest BCUT2D eigenvalue weighted by molar-refractivity contribution is -0.133. The topological polar surface area (TPSA) is 65.2 Å². The fraction of sp³-hybridized carbons (Fsp3) is 0.250. The Balaban J connectivity index is 2.07. The van der Waals surface area contributed by atoms with Gasteiger partial charge in [-0.3, -0.25) is 4.79 Å². The summed E-state index contributed by atoms with van der Waals surface area (Å²) in [7, 11) is 0. The molecule has 19 heavy (non-hydrogen) atoms. The van der Waals surface area contributed by atoms with E-state index in [0.717, 1.165) is 18.5 Å². The van der Waals surface area contributed by atoms with Crippen LogP contribution in [0.15, 0.2) is 29.1 Å². The van der Waals surface area contributed by atoms with Crippen LogP contribution < -0.4 is 0 Å². The van der Waals surface area contributed by atoms with Gasteiger partial charge in [0.25, 0.3) is 6.47 Å². The van der Waals surface area contributed by atoms with Crippen molar-refractivity contribution < 1.29 is 22.8 Å². The minimum absolute atomic E-state index is 0.227. The van der Waals surface area contributed by atoms with Crippen LogP contribution in [0.2, 0.25) is 0 Å². The molecule has 0 saturated carbocycles. The zero-order chi connectivity index (χ0) is 13.7. The standard InChI is InChI=1S/C12H10F2N2O3/c13-10-2-1-8(4-11(10)14)3-9(18-7-17)5-12-15-6-19-16-12/h1-2,4,6-7,9H,3,5H2. The first-order chi connectivity index (χ1) is 9.19. The lowest BCUT2D eigenvalue weighted by Gasteiger charge is -2.13. The summed E-state index contributed by atoms with van der Waals surface area (Å²) in [4.78, 5) is 14.2. The summed E-state index contributed by atoms with van der Waals surface area (Å²) in [6.07, 6.45) is 1.05. The Hall–Kier alpha value is -2.31. The van der Waals surface area contributed by atoms with Crippen molar-refractivity contribution >= 4 is 6.47 Å². The second-order valence-corrected chi connectivity index (χ2v) is 3.86. The molecule has 0 aliphatic rings. The van der Waals surface area contributed by atoms with Crippen LogP contribution in [0, 0.1) is 11.6 Å². The van der Waals surface area contributed by atoms with E-state index in [4.69, 9.17) is 4.74 Å². The molecule has 0 radical (unpaired) electrons. The maximum Gasteiger partial charge on any atom is 0.293 e. The summed E-state index contributed by atoms with van der Waals surface area (Å²) in [6.45, 7) is 0.296. The normalized spacial score (nSPS) is 12.1. The van der Waals surface area contributed by atoms with Crippen molar-refractivity contribution in [1.29, 1.82) is 0 Å². The van der Waals surface area contributed by atoms with Crippen LogP contribution in [-0.2, 0) is 22.4 Å². The van der Waals surface area contributed by atoms with Crippen molar-refractivity contribution in [2.45, 2.75) is 18.9 Å². The molecule has 5 nitrogen and oxygen atoms in total. The Labute approximate surface area is 107 Å². The molecule has 1 unspecified atom stereocenters. The number of benzene rings is 1. The van der Waals surface area contributed by atoms with Gasteiger partial charge in [-0.1, -0.05) is 11.2 Å². The number of halogens is 2. The zero-order valence-electron chi connectivity index (χ0n) is 9.75. The highest BCUT2D eigenvalue weighted by Gasteiger charge is 2.15. The Morgan fingerprint density at radius 2 is 2.16 bits per heavy atom. The quantitative estimate of drug-likeness (QED) is 0.746. The molecule has 7 heteroatoms. The molecule has 1 aromatic heterocycles. The summed E-state index contributed by atoms with van der Waals surface area (Å²) < 4.78 is 35.3. The maximum atomic E-state index is 13.1. The molecule has 100 valence electrons. The van der Waals surface area contributed by atoms with Crippen molar-refractivity contribution in [2.24, 2.45) is 0 Å². The molecule has 1 atom stereocenters. The van der Waals surface area contributed by atoms with Crippen molar-refractivity contribution in [2.75, 3.05) is 0 Å². The summed E-state index contributed by atoms with van der Waals surface area (Å²) in [5.41, 5.74) is 0.509. The van der Waals surface area contributed by atoms with Gasteiger partial charge in [-0.15, -0.1) is 0 Å². The van der Waals surface area contributed by atoms with Gasteiger partial charge in [0.2, 0.25) is 6.39 Å². The highest BCUT2D eigenvalue weighted by molar-refractivity contribution is 5.37. The molecular formula is C12H10F2N2O3. The third-order valence-electron chi connectivity index (χ3n) is 2.51. The lowest BCUT2D eigenvalue weighted by atomic mass is 10.1. The minimum Gasteiger partial charge on any atom is -0.464 e. The third-order valence-corrected chi connectivity index (χ3v) is 2.51. The van der Waals surface area contributed by atoms with Crippen LogP contribution in [0.5, 0.6) is 0 Å². The fourth-order valence-corrected chi connectivity index (χ4v) is 1.66. The molecule has 0 fully saturated rings. The molecule has 0 saturated heterocycles. The minimum atomic E-state index is -0.943. The SMILES string of the molecule is O=COC(Cc1ccc(F)c(F)c1)Cc1ncon1. The molecule has 0 bridgehead atoms. The second-order valence-electron chi connectivity index (χ2n) is 3.86. The zero-order valence-corrected chi connectivity index (χ0v) is 9.75. The van der Waals surface area contributed by atoms with Gasteiger partial charge in [-0.25, -0.2) is 8.78 Å². The molecule has 0 aliphatic heterocycles. The Bertz CT molecular complexity index is 546. The van der Waals surface area contributed by atoms with Gasteiger partial charge >= 0.3 is 0 Å². The van der Waals surface area contributed by atoms with E-state index in [2.05, 4.69) is 14.7 Å². The Morgan fingerprint density at radius 3 is 2.79 bits per heavy atom. The Morgan fingerprint density at radius 1 is 1.32 bits per heavy atom. The number of nitrogens with zero attached hydrogens (tertiary/aromatic N) is 2. The van der Waals surface area contributed by atoms with E-state index in [0.29, 0.717) is 17.9 Å². The van der Waals surface area contributed by atoms with Crippen molar-refractivity contribution in [3.8, 4) is 0 Å². The predicted octanol–water partition coefficient (Wildman–Crippen LogP) is 1.67. The number of aromatic nitrogens is 2. The number of carbonyl (C=O) groups is 1. The highest BCUT2D eigenvalue weighted by atomic mass is 19.2. The predicted molar refractivity (Wildman–Crippen MR) is 59.0 cm³/mol. The van der Waals surface area contributed by atoms with Crippen molar-refractivity contribution in [3.05, 3.63) is 47.6 Å². The maximum absolute atomic E-state index is 13.1. The summed E-state index contributed by atoms with van der Waals surface area (Å²) in [5, 5.41) is 3.60. The van der Waals surface area contributed by atoms with E-state index in [1.54, 1.807) is 0 Å². The fourth-order valence-electron chi connectivity index (χ4n) is 1.66. The average molecular weight is 268 g/mol. The van der Waals surface area contributed by atoms with E-state index < -0.39 is 17.7 Å². The van der Waals surface area contributed by atoms with Crippen molar-refractivity contribution in [3.63, 3.8) is 0 Å². The third kappa shape index (κ3) is 3.57. The molecule has 2 aromatic rings. The smallest absolute Gasteiger partial charge is 0.293 e. The average Bonchev–Trinajstić information content (AvgIpc) is 2.87. The number of ether oxygens (including phenoxy) is 1. The van der Waals surface area contributed by atoms with E-state index in [1.165, 1.54) is 6.07 Å². The highest BCUT2D eigenvalue weighted by Crippen LogP contribution is 2.13. The Kier molecular flexibility index (Phi) is 4.17. The molecular weight excluding hydrogens is 258 g/mol. The van der Waals surface area contributed by atoms with Crippen LogP contribution >= 0.6 is 0 Å². The second kappa shape index (κ2) is 6.03. The van der Waals surface area contributed by atoms with Gasteiger partial charge in [-0.05, 0) is 17.7 Å². The van der Waals surface area contributed by atoms with Gasteiger partial charge in [0.1, 0.15) is 6.10 Å². The van der Waals surface area contributed by atoms with Crippen LogP contribution in [0.25, 0.3) is 0 Å². The summed E-state index contributed by atoms with van der Waals surface area (Å²) in [6, 6.07) is 3.51. The van der Waals surface area contributed by atoms with Crippen molar-refractivity contribution in [1.82, 2.24) is 10.1 Å². The van der Waals surface area contributed by atoms with Crippen LogP contribution in [0.1, 0.15) is 11.4 Å². The summed E-state index contributed by atoms with van der Waals surface area (Å²) >= 11 is 0. The van der Waals surface area contributed by atoms with Gasteiger partial charge in [-0.2, -0.15) is 4.98 Å². The first-order valence-electron chi connectivity index (χ1n) is 5.47. The van der Waals surface area contributed by atoms with E-state index >= 15 is 0 Å². The van der Waals surface area contributed by atoms with E-state index in [1.807, 2.05) is 0 Å². The van der Waals surface area contributed by atoms with Gasteiger partial charge in [0.15, 0.2) is 17.5 Å². The number of carbonyl (C=O) groups excluding carboxylic acids is 1. The van der Waals surface area contributed by atoms with Crippen LogP contribution in [0.3, 0.4) is 0 Å². The largest absolute Gasteiger partial charge is 0.464 e. The molecule has 0 aliphatic carbocycles. The number of hydrogen-bond donors (Lipinski definition) is 0. The van der Waals surface area contributed by atoms with Gasteiger partial charge in [0, 0.05) is 12.8 Å². The van der Waals surface area contributed by atoms with E-state index in [-0.39, 0.29) is 12.8 Å². The monoisotopic (exact) mass is 268 g/mol. The molecule has 2 rings (SSSR count). The first-order valence-corrected chi connectivity index (χ1v) is 5.47. The molecule has 0 spiro atoms.